The molecule has 4 rings (SSSR count). The number of rotatable bonds is 2. The first-order valence-corrected chi connectivity index (χ1v) is 7.57. The molecule has 2 aromatic heterocycles. The van der Waals surface area contributed by atoms with E-state index in [1.165, 1.54) is 0 Å². The van der Waals surface area contributed by atoms with Crippen LogP contribution in [0.25, 0.3) is 11.2 Å². The zero-order valence-corrected chi connectivity index (χ0v) is 12.9. The van der Waals surface area contributed by atoms with Gasteiger partial charge in [-0.3, -0.25) is 0 Å². The van der Waals surface area contributed by atoms with Gasteiger partial charge in [0.25, 0.3) is 0 Å². The number of hydrogen-bond acceptors (Lipinski definition) is 6. The van der Waals surface area contributed by atoms with Crippen LogP contribution in [0.15, 0.2) is 36.7 Å². The Hall–Kier alpha value is -2.67. The average Bonchev–Trinajstić information content (AvgIpc) is 3.03. The largest absolute Gasteiger partial charge is 0.368 e. The van der Waals surface area contributed by atoms with Crippen LogP contribution in [0.1, 0.15) is 12.5 Å². The standard InChI is InChI=1S/C16H18N6O/c1-16(11-5-3-2-4-6-11)9-22(7-8-23-16)14-12-13(19-10-18-12)20-15(17)21-14/h2-6,10H,7-9H2,1H3,(H3,17,18,19,20,21). The minimum absolute atomic E-state index is 0.229. The van der Waals surface area contributed by atoms with Crippen molar-refractivity contribution in [1.29, 1.82) is 0 Å². The van der Waals surface area contributed by atoms with Gasteiger partial charge in [0.1, 0.15) is 11.1 Å². The van der Waals surface area contributed by atoms with E-state index in [2.05, 4.69) is 43.9 Å². The van der Waals surface area contributed by atoms with Gasteiger partial charge in [0, 0.05) is 6.54 Å². The van der Waals surface area contributed by atoms with E-state index >= 15 is 0 Å². The number of nitrogens with one attached hydrogen (secondary N) is 1. The highest BCUT2D eigenvalue weighted by Crippen LogP contribution is 2.32. The summed E-state index contributed by atoms with van der Waals surface area (Å²) in [6.07, 6.45) is 1.61. The maximum absolute atomic E-state index is 6.08. The summed E-state index contributed by atoms with van der Waals surface area (Å²) in [5, 5.41) is 0. The Labute approximate surface area is 133 Å². The number of aromatic nitrogens is 4. The van der Waals surface area contributed by atoms with Gasteiger partial charge < -0.3 is 20.4 Å². The van der Waals surface area contributed by atoms with E-state index in [0.717, 1.165) is 23.4 Å². The molecule has 1 fully saturated rings. The summed E-state index contributed by atoms with van der Waals surface area (Å²) < 4.78 is 6.08. The summed E-state index contributed by atoms with van der Waals surface area (Å²) >= 11 is 0. The fourth-order valence-corrected chi connectivity index (χ4v) is 3.08. The van der Waals surface area contributed by atoms with Crippen molar-refractivity contribution in [2.75, 3.05) is 30.3 Å². The Kier molecular flexibility index (Phi) is 3.16. The van der Waals surface area contributed by atoms with Gasteiger partial charge in [0.2, 0.25) is 5.95 Å². The van der Waals surface area contributed by atoms with E-state index in [0.29, 0.717) is 18.8 Å². The van der Waals surface area contributed by atoms with Crippen molar-refractivity contribution in [2.24, 2.45) is 0 Å². The van der Waals surface area contributed by atoms with E-state index < -0.39 is 5.60 Å². The lowest BCUT2D eigenvalue weighted by Crippen LogP contribution is -2.48. The molecule has 7 nitrogen and oxygen atoms in total. The molecule has 1 aliphatic heterocycles. The number of ether oxygens (including phenoxy) is 1. The summed E-state index contributed by atoms with van der Waals surface area (Å²) in [7, 11) is 0. The van der Waals surface area contributed by atoms with Gasteiger partial charge in [-0.1, -0.05) is 30.3 Å². The monoisotopic (exact) mass is 310 g/mol. The van der Waals surface area contributed by atoms with Crippen LogP contribution in [0.5, 0.6) is 0 Å². The minimum Gasteiger partial charge on any atom is -0.368 e. The number of nitrogen functional groups attached to an aromatic ring is 1. The van der Waals surface area contributed by atoms with Crippen molar-refractivity contribution < 1.29 is 4.74 Å². The topological polar surface area (TPSA) is 93.0 Å². The summed E-state index contributed by atoms with van der Waals surface area (Å²) in [5.41, 5.74) is 7.97. The lowest BCUT2D eigenvalue weighted by Gasteiger charge is -2.41. The molecule has 1 atom stereocenters. The van der Waals surface area contributed by atoms with Gasteiger partial charge in [-0.15, -0.1) is 0 Å². The summed E-state index contributed by atoms with van der Waals surface area (Å²) in [5.74, 6) is 1.00. The number of aromatic amines is 1. The number of benzene rings is 1. The molecule has 3 aromatic rings. The van der Waals surface area contributed by atoms with Crippen LogP contribution in [0.2, 0.25) is 0 Å². The summed E-state index contributed by atoms with van der Waals surface area (Å²) in [4.78, 5) is 18.0. The Morgan fingerprint density at radius 1 is 1.26 bits per heavy atom. The van der Waals surface area contributed by atoms with Gasteiger partial charge in [0.05, 0.1) is 19.5 Å². The first-order chi connectivity index (χ1) is 11.2. The Morgan fingerprint density at radius 3 is 2.91 bits per heavy atom. The molecule has 1 saturated heterocycles. The Balaban J connectivity index is 1.73. The fourth-order valence-electron chi connectivity index (χ4n) is 3.08. The van der Waals surface area contributed by atoms with E-state index in [9.17, 15) is 0 Å². The molecule has 23 heavy (non-hydrogen) atoms. The van der Waals surface area contributed by atoms with Gasteiger partial charge in [-0.25, -0.2) is 4.98 Å². The molecule has 7 heteroatoms. The molecule has 1 unspecified atom stereocenters. The third-order valence-corrected chi connectivity index (χ3v) is 4.24. The van der Waals surface area contributed by atoms with E-state index in [1.54, 1.807) is 6.33 Å². The van der Waals surface area contributed by atoms with Crippen LogP contribution >= 0.6 is 0 Å². The maximum atomic E-state index is 6.08. The number of H-pyrrole nitrogens is 1. The predicted octanol–water partition coefficient (Wildman–Crippen LogP) is 1.69. The number of imidazole rings is 1. The van der Waals surface area contributed by atoms with Crippen molar-refractivity contribution >= 4 is 22.9 Å². The van der Waals surface area contributed by atoms with E-state index in [-0.39, 0.29) is 5.95 Å². The van der Waals surface area contributed by atoms with E-state index in [1.807, 2.05) is 18.2 Å². The molecular weight excluding hydrogens is 292 g/mol. The third kappa shape index (κ3) is 2.39. The maximum Gasteiger partial charge on any atom is 0.224 e. The number of morpholine rings is 1. The number of nitrogens with zero attached hydrogens (tertiary/aromatic N) is 4. The SMILES string of the molecule is CC1(c2ccccc2)CN(c2nc(N)nc3nc[nH]c23)CCO1. The average molecular weight is 310 g/mol. The van der Waals surface area contributed by atoms with Gasteiger partial charge in [0.15, 0.2) is 11.5 Å². The lowest BCUT2D eigenvalue weighted by molar-refractivity contribution is -0.0467. The van der Waals surface area contributed by atoms with Crippen LogP contribution in [0, 0.1) is 0 Å². The quantitative estimate of drug-likeness (QED) is 0.748. The van der Waals surface area contributed by atoms with Crippen molar-refractivity contribution in [2.45, 2.75) is 12.5 Å². The molecule has 118 valence electrons. The van der Waals surface area contributed by atoms with Crippen LogP contribution in [0.3, 0.4) is 0 Å². The third-order valence-electron chi connectivity index (χ3n) is 4.24. The first-order valence-electron chi connectivity index (χ1n) is 7.57. The molecule has 3 N–H and O–H groups in total. The smallest absolute Gasteiger partial charge is 0.224 e. The number of fused-ring (bicyclic) bond motifs is 1. The van der Waals surface area contributed by atoms with Crippen molar-refractivity contribution in [1.82, 2.24) is 19.9 Å². The summed E-state index contributed by atoms with van der Waals surface area (Å²) in [6, 6.07) is 10.2. The molecule has 0 spiro atoms. The fraction of sp³-hybridized carbons (Fsp3) is 0.312. The van der Waals surface area contributed by atoms with Crippen molar-refractivity contribution in [3.63, 3.8) is 0 Å². The van der Waals surface area contributed by atoms with Gasteiger partial charge in [-0.2, -0.15) is 9.97 Å². The van der Waals surface area contributed by atoms with Gasteiger partial charge >= 0.3 is 0 Å². The molecule has 0 amide bonds. The molecule has 0 saturated carbocycles. The number of nitrogens with two attached hydrogens (primary N) is 1. The first kappa shape index (κ1) is 14.0. The van der Waals surface area contributed by atoms with E-state index in [4.69, 9.17) is 10.5 Å². The lowest BCUT2D eigenvalue weighted by atomic mass is 9.94. The highest BCUT2D eigenvalue weighted by atomic mass is 16.5. The number of anilines is 2. The van der Waals surface area contributed by atoms with Crippen molar-refractivity contribution in [3.05, 3.63) is 42.2 Å². The normalized spacial score (nSPS) is 21.7. The highest BCUT2D eigenvalue weighted by Gasteiger charge is 2.35. The summed E-state index contributed by atoms with van der Waals surface area (Å²) in [6.45, 7) is 4.14. The van der Waals surface area contributed by atoms with Crippen LogP contribution < -0.4 is 10.6 Å². The zero-order valence-electron chi connectivity index (χ0n) is 12.9. The highest BCUT2D eigenvalue weighted by molar-refractivity contribution is 5.84. The Morgan fingerprint density at radius 2 is 2.09 bits per heavy atom. The molecule has 3 heterocycles. The second-order valence-electron chi connectivity index (χ2n) is 5.87. The number of hydrogen-bond donors (Lipinski definition) is 2. The molecule has 0 aliphatic carbocycles. The molecule has 1 aromatic carbocycles. The molecule has 0 radical (unpaired) electrons. The molecule has 1 aliphatic rings. The predicted molar refractivity (Wildman–Crippen MR) is 88.1 cm³/mol. The zero-order chi connectivity index (χ0) is 15.9. The van der Waals surface area contributed by atoms with Crippen LogP contribution in [-0.2, 0) is 10.3 Å². The van der Waals surface area contributed by atoms with Crippen LogP contribution in [-0.4, -0.2) is 39.6 Å². The Bertz CT molecular complexity index is 833. The second kappa shape index (κ2) is 5.20. The minimum atomic E-state index is -0.397. The second-order valence-corrected chi connectivity index (χ2v) is 5.87. The van der Waals surface area contributed by atoms with Gasteiger partial charge in [-0.05, 0) is 12.5 Å². The van der Waals surface area contributed by atoms with Crippen molar-refractivity contribution in [3.8, 4) is 0 Å². The van der Waals surface area contributed by atoms with Crippen LogP contribution in [0.4, 0.5) is 11.8 Å². The molecular formula is C16H18N6O. The molecule has 0 bridgehead atoms.